The Morgan fingerprint density at radius 1 is 1.15 bits per heavy atom. The Morgan fingerprint density at radius 2 is 1.70 bits per heavy atom. The maximum absolute atomic E-state index is 11.8. The van der Waals surface area contributed by atoms with E-state index in [0.717, 1.165) is 0 Å². The Morgan fingerprint density at radius 3 is 2.20 bits per heavy atom. The van der Waals surface area contributed by atoms with Crippen LogP contribution < -0.4 is 16.0 Å². The zero-order valence-electron chi connectivity index (χ0n) is 12.0. The summed E-state index contributed by atoms with van der Waals surface area (Å²) >= 11 is 0. The number of ether oxygens (including phenoxy) is 1. The van der Waals surface area contributed by atoms with Gasteiger partial charge in [-0.1, -0.05) is 6.92 Å². The number of amides is 2. The van der Waals surface area contributed by atoms with Gasteiger partial charge in [-0.2, -0.15) is 0 Å². The molecule has 0 radical (unpaired) electrons. The lowest BCUT2D eigenvalue weighted by Crippen LogP contribution is -2.28. The van der Waals surface area contributed by atoms with Crippen molar-refractivity contribution in [1.82, 2.24) is 5.32 Å². The smallest absolute Gasteiger partial charge is 0.250 e. The summed E-state index contributed by atoms with van der Waals surface area (Å²) in [7, 11) is 3.27. The predicted molar refractivity (Wildman–Crippen MR) is 78.7 cm³/mol. The fourth-order valence-corrected chi connectivity index (χ4v) is 1.63. The third kappa shape index (κ3) is 5.38. The number of nitrogens with one attached hydrogen (secondary N) is 3. The number of methoxy groups -OCH3 is 1. The topological polar surface area (TPSA) is 79.5 Å². The van der Waals surface area contributed by atoms with Gasteiger partial charge >= 0.3 is 0 Å². The van der Waals surface area contributed by atoms with Gasteiger partial charge in [0.25, 0.3) is 0 Å². The van der Waals surface area contributed by atoms with Gasteiger partial charge in [0.1, 0.15) is 6.61 Å². The number of carbonyl (C=O) groups excluding carboxylic acids is 2. The van der Waals surface area contributed by atoms with Gasteiger partial charge in [-0.05, 0) is 31.3 Å². The van der Waals surface area contributed by atoms with E-state index in [2.05, 4.69) is 16.0 Å². The average molecular weight is 279 g/mol. The lowest BCUT2D eigenvalue weighted by molar-refractivity contribution is -0.120. The average Bonchev–Trinajstić information content (AvgIpc) is 2.41. The van der Waals surface area contributed by atoms with Gasteiger partial charge in [0, 0.05) is 30.9 Å². The van der Waals surface area contributed by atoms with Crippen LogP contribution in [0.3, 0.4) is 0 Å². The number of carbonyl (C=O) groups is 2. The quantitative estimate of drug-likeness (QED) is 0.697. The van der Waals surface area contributed by atoms with Crippen LogP contribution in [0.15, 0.2) is 24.3 Å². The van der Waals surface area contributed by atoms with E-state index >= 15 is 0 Å². The zero-order valence-corrected chi connectivity index (χ0v) is 12.0. The van der Waals surface area contributed by atoms with Crippen LogP contribution in [-0.2, 0) is 14.3 Å². The molecule has 0 aliphatic heterocycles. The summed E-state index contributed by atoms with van der Waals surface area (Å²) in [5.74, 6) is -0.372. The molecule has 0 saturated carbocycles. The van der Waals surface area contributed by atoms with Gasteiger partial charge in [-0.3, -0.25) is 9.59 Å². The molecule has 1 unspecified atom stereocenters. The first-order chi connectivity index (χ1) is 9.56. The molecule has 3 N–H and O–H groups in total. The number of hydrogen-bond acceptors (Lipinski definition) is 4. The maximum Gasteiger partial charge on any atom is 0.250 e. The molecular weight excluding hydrogens is 258 g/mol. The van der Waals surface area contributed by atoms with Crippen LogP contribution in [0.2, 0.25) is 0 Å². The van der Waals surface area contributed by atoms with E-state index in [1.165, 1.54) is 7.11 Å². The van der Waals surface area contributed by atoms with Gasteiger partial charge in [-0.15, -0.1) is 0 Å². The third-order valence-electron chi connectivity index (χ3n) is 2.67. The van der Waals surface area contributed by atoms with Crippen molar-refractivity contribution in [2.75, 3.05) is 37.9 Å². The molecule has 0 aliphatic carbocycles. The second-order valence-corrected chi connectivity index (χ2v) is 4.51. The molecular formula is C14H21N3O3. The van der Waals surface area contributed by atoms with Gasteiger partial charge in [-0.25, -0.2) is 0 Å². The highest BCUT2D eigenvalue weighted by atomic mass is 16.5. The molecule has 6 nitrogen and oxygen atoms in total. The summed E-state index contributed by atoms with van der Waals surface area (Å²) in [6.45, 7) is 2.49. The molecule has 0 bridgehead atoms. The normalized spacial score (nSPS) is 11.8. The van der Waals surface area contributed by atoms with Gasteiger partial charge in [0.05, 0.1) is 0 Å². The first-order valence-corrected chi connectivity index (χ1v) is 6.41. The standard InChI is InChI=1S/C14H21N3O3/c1-10(8-15-2)14(19)17-12-6-4-11(5-7-12)16-13(18)9-20-3/h4-7,10,15H,8-9H2,1-3H3,(H,16,18)(H,17,19). The number of anilines is 2. The SMILES string of the molecule is CNCC(C)C(=O)Nc1ccc(NC(=O)COC)cc1. The summed E-state index contributed by atoms with van der Waals surface area (Å²) < 4.78 is 4.73. The minimum Gasteiger partial charge on any atom is -0.375 e. The molecule has 0 saturated heterocycles. The van der Waals surface area contributed by atoms with Crippen molar-refractivity contribution < 1.29 is 14.3 Å². The fourth-order valence-electron chi connectivity index (χ4n) is 1.63. The van der Waals surface area contributed by atoms with Crippen LogP contribution in [0.5, 0.6) is 0 Å². The second-order valence-electron chi connectivity index (χ2n) is 4.51. The molecule has 0 fully saturated rings. The molecule has 0 spiro atoms. The van der Waals surface area contributed by atoms with E-state index in [1.807, 2.05) is 6.92 Å². The summed E-state index contributed by atoms with van der Waals surface area (Å²) in [6.07, 6.45) is 0. The van der Waals surface area contributed by atoms with E-state index in [-0.39, 0.29) is 24.3 Å². The summed E-state index contributed by atoms with van der Waals surface area (Å²) in [5, 5.41) is 8.45. The van der Waals surface area contributed by atoms with Crippen LogP contribution >= 0.6 is 0 Å². The minimum absolute atomic E-state index is 0.0139. The number of hydrogen-bond donors (Lipinski definition) is 3. The first-order valence-electron chi connectivity index (χ1n) is 6.41. The zero-order chi connectivity index (χ0) is 15.0. The summed E-state index contributed by atoms with van der Waals surface area (Å²) in [6, 6.07) is 6.94. The maximum atomic E-state index is 11.8. The van der Waals surface area contributed by atoms with Crippen molar-refractivity contribution in [3.05, 3.63) is 24.3 Å². The number of rotatable bonds is 7. The summed E-state index contributed by atoms with van der Waals surface area (Å²) in [4.78, 5) is 23.1. The van der Waals surface area contributed by atoms with Crippen LogP contribution in [-0.4, -0.2) is 39.1 Å². The molecule has 1 aromatic rings. The minimum atomic E-state index is -0.216. The van der Waals surface area contributed by atoms with Crippen LogP contribution in [0, 0.1) is 5.92 Å². The Kier molecular flexibility index (Phi) is 6.69. The van der Waals surface area contributed by atoms with E-state index < -0.39 is 0 Å². The molecule has 1 rings (SSSR count). The predicted octanol–water partition coefficient (Wildman–Crippen LogP) is 1.07. The lowest BCUT2D eigenvalue weighted by Gasteiger charge is -2.12. The first kappa shape index (κ1) is 16.1. The van der Waals surface area contributed by atoms with Crippen LogP contribution in [0.4, 0.5) is 11.4 Å². The van der Waals surface area contributed by atoms with E-state index in [0.29, 0.717) is 17.9 Å². The van der Waals surface area contributed by atoms with E-state index in [4.69, 9.17) is 4.74 Å². The molecule has 20 heavy (non-hydrogen) atoms. The molecule has 0 aliphatic rings. The van der Waals surface area contributed by atoms with Crippen molar-refractivity contribution in [1.29, 1.82) is 0 Å². The monoisotopic (exact) mass is 279 g/mol. The lowest BCUT2D eigenvalue weighted by atomic mass is 10.1. The fraction of sp³-hybridized carbons (Fsp3) is 0.429. The highest BCUT2D eigenvalue weighted by molar-refractivity contribution is 5.94. The van der Waals surface area contributed by atoms with E-state index in [9.17, 15) is 9.59 Å². The second kappa shape index (κ2) is 8.29. The van der Waals surface area contributed by atoms with Crippen LogP contribution in [0.1, 0.15) is 6.92 Å². The van der Waals surface area contributed by atoms with Crippen molar-refractivity contribution in [2.45, 2.75) is 6.92 Å². The van der Waals surface area contributed by atoms with Crippen molar-refractivity contribution in [3.63, 3.8) is 0 Å². The molecule has 110 valence electrons. The highest BCUT2D eigenvalue weighted by Gasteiger charge is 2.11. The number of benzene rings is 1. The Hall–Kier alpha value is -1.92. The summed E-state index contributed by atoms with van der Waals surface area (Å²) in [5.41, 5.74) is 1.36. The van der Waals surface area contributed by atoms with E-state index in [1.54, 1.807) is 31.3 Å². The van der Waals surface area contributed by atoms with Crippen molar-refractivity contribution in [2.24, 2.45) is 5.92 Å². The molecule has 2 amide bonds. The molecule has 0 heterocycles. The molecule has 0 aromatic heterocycles. The van der Waals surface area contributed by atoms with Gasteiger partial charge in [0.15, 0.2) is 0 Å². The molecule has 6 heteroatoms. The third-order valence-corrected chi connectivity index (χ3v) is 2.67. The highest BCUT2D eigenvalue weighted by Crippen LogP contribution is 2.14. The van der Waals surface area contributed by atoms with Crippen molar-refractivity contribution >= 4 is 23.2 Å². The molecule has 1 atom stereocenters. The Bertz CT molecular complexity index is 445. The van der Waals surface area contributed by atoms with Gasteiger partial charge < -0.3 is 20.7 Å². The molecule has 1 aromatic carbocycles. The Balaban J connectivity index is 2.54. The van der Waals surface area contributed by atoms with Crippen LogP contribution in [0.25, 0.3) is 0 Å². The van der Waals surface area contributed by atoms with Crippen molar-refractivity contribution in [3.8, 4) is 0 Å². The van der Waals surface area contributed by atoms with Gasteiger partial charge in [0.2, 0.25) is 11.8 Å². The Labute approximate surface area is 118 Å². The largest absolute Gasteiger partial charge is 0.375 e.